The van der Waals surface area contributed by atoms with E-state index in [0.717, 1.165) is 24.1 Å². The van der Waals surface area contributed by atoms with Gasteiger partial charge in [-0.05, 0) is 35.1 Å². The highest BCUT2D eigenvalue weighted by molar-refractivity contribution is 7.84. The van der Waals surface area contributed by atoms with E-state index >= 15 is 0 Å². The zero-order chi connectivity index (χ0) is 18.0. The SMILES string of the molecule is O=C(C[S@@](=O)Cc1cccc(C(F)(F)F)c1)N1CCc2sccc2C1. The fraction of sp³-hybridized carbons (Fsp3) is 0.353. The van der Waals surface area contributed by atoms with Gasteiger partial charge in [0.1, 0.15) is 5.75 Å². The summed E-state index contributed by atoms with van der Waals surface area (Å²) in [5.41, 5.74) is 0.669. The monoisotopic (exact) mass is 387 g/mol. The summed E-state index contributed by atoms with van der Waals surface area (Å²) in [6, 6.07) is 6.74. The largest absolute Gasteiger partial charge is 0.416 e. The lowest BCUT2D eigenvalue weighted by Crippen LogP contribution is -2.38. The molecule has 1 aromatic carbocycles. The number of fused-ring (bicyclic) bond motifs is 1. The maximum absolute atomic E-state index is 12.7. The molecule has 0 unspecified atom stereocenters. The van der Waals surface area contributed by atoms with Crippen LogP contribution in [0, 0.1) is 0 Å². The topological polar surface area (TPSA) is 37.4 Å². The Morgan fingerprint density at radius 1 is 1.28 bits per heavy atom. The van der Waals surface area contributed by atoms with Crippen LogP contribution in [0.15, 0.2) is 35.7 Å². The van der Waals surface area contributed by atoms with Crippen molar-refractivity contribution in [3.63, 3.8) is 0 Å². The standard InChI is InChI=1S/C17H16F3NO2S2/c18-17(19,20)14-3-1-2-12(8-14)10-25(23)11-16(22)21-6-4-15-13(9-21)5-7-24-15/h1-3,5,7-8H,4,6,9-11H2/t25-/m0/s1. The van der Waals surface area contributed by atoms with Crippen molar-refractivity contribution in [3.8, 4) is 0 Å². The maximum atomic E-state index is 12.7. The number of rotatable bonds is 4. The second-order valence-corrected chi connectivity index (χ2v) is 8.32. The molecule has 8 heteroatoms. The fourth-order valence-electron chi connectivity index (χ4n) is 2.76. The normalized spacial score (nSPS) is 15.7. The highest BCUT2D eigenvalue weighted by atomic mass is 32.2. The Labute approximate surface area is 149 Å². The van der Waals surface area contributed by atoms with Crippen LogP contribution in [0.5, 0.6) is 0 Å². The molecule has 0 aliphatic carbocycles. The predicted molar refractivity (Wildman–Crippen MR) is 91.6 cm³/mol. The molecule has 1 atom stereocenters. The maximum Gasteiger partial charge on any atom is 0.416 e. The third-order valence-electron chi connectivity index (χ3n) is 4.03. The van der Waals surface area contributed by atoms with Crippen molar-refractivity contribution in [1.29, 1.82) is 0 Å². The van der Waals surface area contributed by atoms with Gasteiger partial charge in [-0.3, -0.25) is 9.00 Å². The van der Waals surface area contributed by atoms with E-state index in [2.05, 4.69) is 0 Å². The molecule has 0 saturated carbocycles. The first-order valence-electron chi connectivity index (χ1n) is 7.67. The van der Waals surface area contributed by atoms with Crippen molar-refractivity contribution >= 4 is 28.0 Å². The number of carbonyl (C=O) groups is 1. The summed E-state index contributed by atoms with van der Waals surface area (Å²) in [5, 5.41) is 1.99. The van der Waals surface area contributed by atoms with E-state index < -0.39 is 22.5 Å². The number of benzene rings is 1. The molecule has 0 spiro atoms. The lowest BCUT2D eigenvalue weighted by molar-refractivity contribution is -0.137. The van der Waals surface area contributed by atoms with Crippen LogP contribution in [0.1, 0.15) is 21.6 Å². The third-order valence-corrected chi connectivity index (χ3v) is 6.27. The molecule has 25 heavy (non-hydrogen) atoms. The Kier molecular flexibility index (Phi) is 5.29. The molecule has 3 nitrogen and oxygen atoms in total. The summed E-state index contributed by atoms with van der Waals surface area (Å²) in [4.78, 5) is 15.3. The highest BCUT2D eigenvalue weighted by Gasteiger charge is 2.30. The molecule has 1 aromatic heterocycles. The molecule has 2 heterocycles. The number of amides is 1. The average molecular weight is 387 g/mol. The minimum Gasteiger partial charge on any atom is -0.337 e. The van der Waals surface area contributed by atoms with Gasteiger partial charge in [-0.1, -0.05) is 18.2 Å². The molecule has 0 fully saturated rings. The first-order chi connectivity index (χ1) is 11.8. The van der Waals surface area contributed by atoms with Crippen LogP contribution in [0.25, 0.3) is 0 Å². The summed E-state index contributed by atoms with van der Waals surface area (Å²) in [6.45, 7) is 1.10. The van der Waals surface area contributed by atoms with Crippen molar-refractivity contribution in [2.24, 2.45) is 0 Å². The Morgan fingerprint density at radius 2 is 2.08 bits per heavy atom. The Hall–Kier alpha value is -1.67. The van der Waals surface area contributed by atoms with Gasteiger partial charge in [-0.15, -0.1) is 11.3 Å². The van der Waals surface area contributed by atoms with E-state index in [9.17, 15) is 22.2 Å². The van der Waals surface area contributed by atoms with Crippen LogP contribution in [-0.2, 0) is 40.5 Å². The van der Waals surface area contributed by atoms with Crippen LogP contribution in [0.2, 0.25) is 0 Å². The first-order valence-corrected chi connectivity index (χ1v) is 10.0. The van der Waals surface area contributed by atoms with E-state index in [0.29, 0.717) is 18.7 Å². The Morgan fingerprint density at radius 3 is 2.84 bits per heavy atom. The third kappa shape index (κ3) is 4.49. The summed E-state index contributed by atoms with van der Waals surface area (Å²) < 4.78 is 50.4. The molecule has 1 aliphatic rings. The molecule has 0 N–H and O–H groups in total. The lowest BCUT2D eigenvalue weighted by atomic mass is 10.1. The number of alkyl halides is 3. The van der Waals surface area contributed by atoms with Crippen LogP contribution < -0.4 is 0 Å². The molecule has 1 aliphatic heterocycles. The van der Waals surface area contributed by atoms with Crippen molar-refractivity contribution in [1.82, 2.24) is 4.90 Å². The van der Waals surface area contributed by atoms with Crippen LogP contribution in [-0.4, -0.2) is 27.3 Å². The minimum atomic E-state index is -4.43. The molecular formula is C17H16F3NO2S2. The summed E-state index contributed by atoms with van der Waals surface area (Å²) in [6.07, 6.45) is -3.64. The first kappa shape index (κ1) is 18.1. The number of hydrogen-bond acceptors (Lipinski definition) is 3. The number of nitrogens with zero attached hydrogens (tertiary/aromatic N) is 1. The van der Waals surface area contributed by atoms with Gasteiger partial charge in [-0.2, -0.15) is 13.2 Å². The van der Waals surface area contributed by atoms with E-state index in [1.54, 1.807) is 16.2 Å². The van der Waals surface area contributed by atoms with E-state index in [-0.39, 0.29) is 17.4 Å². The van der Waals surface area contributed by atoms with Gasteiger partial charge in [-0.25, -0.2) is 0 Å². The van der Waals surface area contributed by atoms with E-state index in [4.69, 9.17) is 0 Å². The molecule has 3 rings (SSSR count). The zero-order valence-electron chi connectivity index (χ0n) is 13.2. The van der Waals surface area contributed by atoms with Gasteiger partial charge in [0.15, 0.2) is 0 Å². The van der Waals surface area contributed by atoms with Crippen LogP contribution in [0.3, 0.4) is 0 Å². The van der Waals surface area contributed by atoms with Gasteiger partial charge < -0.3 is 4.90 Å². The Balaban J connectivity index is 1.59. The van der Waals surface area contributed by atoms with Crippen molar-refractivity contribution < 1.29 is 22.2 Å². The highest BCUT2D eigenvalue weighted by Crippen LogP contribution is 2.30. The summed E-state index contributed by atoms with van der Waals surface area (Å²) in [7, 11) is -1.54. The molecule has 2 aromatic rings. The number of halogens is 3. The van der Waals surface area contributed by atoms with Gasteiger partial charge in [0, 0.05) is 34.5 Å². The number of hydrogen-bond donors (Lipinski definition) is 0. The zero-order valence-corrected chi connectivity index (χ0v) is 14.8. The van der Waals surface area contributed by atoms with E-state index in [1.807, 2.05) is 11.4 Å². The minimum absolute atomic E-state index is 0.0623. The smallest absolute Gasteiger partial charge is 0.337 e. The molecular weight excluding hydrogens is 371 g/mol. The number of carbonyl (C=O) groups excluding carboxylic acids is 1. The Bertz CT molecular complexity index is 801. The van der Waals surface area contributed by atoms with Crippen molar-refractivity contribution in [3.05, 3.63) is 57.3 Å². The van der Waals surface area contributed by atoms with Crippen molar-refractivity contribution in [2.45, 2.75) is 24.9 Å². The second kappa shape index (κ2) is 7.29. The second-order valence-electron chi connectivity index (χ2n) is 5.86. The number of thiophene rings is 1. The van der Waals surface area contributed by atoms with Gasteiger partial charge in [0.25, 0.3) is 0 Å². The lowest BCUT2D eigenvalue weighted by Gasteiger charge is -2.26. The molecule has 134 valence electrons. The molecule has 0 bridgehead atoms. The molecule has 0 saturated heterocycles. The average Bonchev–Trinajstić information content (AvgIpc) is 3.01. The quantitative estimate of drug-likeness (QED) is 0.804. The molecule has 0 radical (unpaired) electrons. The van der Waals surface area contributed by atoms with Gasteiger partial charge in [0.05, 0.1) is 5.56 Å². The summed E-state index contributed by atoms with van der Waals surface area (Å²) >= 11 is 1.67. The van der Waals surface area contributed by atoms with E-state index in [1.165, 1.54) is 17.0 Å². The molecule has 1 amide bonds. The van der Waals surface area contributed by atoms with Gasteiger partial charge in [0.2, 0.25) is 5.91 Å². The van der Waals surface area contributed by atoms with Crippen molar-refractivity contribution in [2.75, 3.05) is 12.3 Å². The van der Waals surface area contributed by atoms with Gasteiger partial charge >= 0.3 is 6.18 Å². The van der Waals surface area contributed by atoms with Crippen LogP contribution >= 0.6 is 11.3 Å². The summed E-state index contributed by atoms with van der Waals surface area (Å²) in [5.74, 6) is -0.453. The fourth-order valence-corrected chi connectivity index (χ4v) is 4.77. The van der Waals surface area contributed by atoms with Crippen LogP contribution in [0.4, 0.5) is 13.2 Å². The predicted octanol–water partition coefficient (Wildman–Crippen LogP) is 3.60.